The van der Waals surface area contributed by atoms with E-state index in [4.69, 9.17) is 14.2 Å². The van der Waals surface area contributed by atoms with E-state index >= 15 is 0 Å². The Morgan fingerprint density at radius 2 is 1.67 bits per heavy atom. The zero-order valence-corrected chi connectivity index (χ0v) is 14.6. The zero-order chi connectivity index (χ0) is 18.8. The van der Waals surface area contributed by atoms with E-state index in [9.17, 15) is 14.7 Å². The van der Waals surface area contributed by atoms with Crippen molar-refractivity contribution in [1.29, 1.82) is 0 Å². The first-order valence-electron chi connectivity index (χ1n) is 8.81. The number of carbonyl (C=O) groups excluding carboxylic acids is 1. The molecule has 7 heteroatoms. The van der Waals surface area contributed by atoms with E-state index in [1.165, 1.54) is 0 Å². The van der Waals surface area contributed by atoms with Crippen LogP contribution in [-0.2, 0) is 11.2 Å². The Bertz CT molecular complexity index is 894. The van der Waals surface area contributed by atoms with Crippen molar-refractivity contribution >= 4 is 11.9 Å². The molecule has 0 radical (unpaired) electrons. The topological polar surface area (TPSA) is 94.1 Å². The summed E-state index contributed by atoms with van der Waals surface area (Å²) in [5, 5.41) is 12.2. The largest absolute Gasteiger partial charge is 0.493 e. The first kappa shape index (κ1) is 17.2. The molecule has 140 valence electrons. The van der Waals surface area contributed by atoms with Gasteiger partial charge >= 0.3 is 5.97 Å². The van der Waals surface area contributed by atoms with Crippen molar-refractivity contribution in [2.45, 2.75) is 18.9 Å². The predicted octanol–water partition coefficient (Wildman–Crippen LogP) is 2.34. The summed E-state index contributed by atoms with van der Waals surface area (Å²) < 4.78 is 16.6. The molecule has 0 saturated heterocycles. The van der Waals surface area contributed by atoms with Crippen molar-refractivity contribution in [3.63, 3.8) is 0 Å². The Morgan fingerprint density at radius 1 is 0.926 bits per heavy atom. The highest BCUT2D eigenvalue weighted by molar-refractivity contribution is 5.97. The number of hydrogen-bond acceptors (Lipinski definition) is 5. The van der Waals surface area contributed by atoms with E-state index in [1.807, 2.05) is 0 Å². The van der Waals surface area contributed by atoms with Crippen LogP contribution >= 0.6 is 0 Å². The fraction of sp³-hybridized carbons (Fsp3) is 0.300. The van der Waals surface area contributed by atoms with Gasteiger partial charge in [-0.3, -0.25) is 4.79 Å². The van der Waals surface area contributed by atoms with Gasteiger partial charge in [0.2, 0.25) is 0 Å². The van der Waals surface area contributed by atoms with Gasteiger partial charge in [0.05, 0.1) is 19.8 Å². The molecule has 2 N–H and O–H groups in total. The third-order valence-corrected chi connectivity index (χ3v) is 4.58. The number of fused-ring (bicyclic) bond motifs is 2. The fourth-order valence-corrected chi connectivity index (χ4v) is 3.19. The molecule has 1 amide bonds. The monoisotopic (exact) mass is 369 g/mol. The van der Waals surface area contributed by atoms with Crippen molar-refractivity contribution < 1.29 is 28.9 Å². The number of ether oxygens (including phenoxy) is 3. The van der Waals surface area contributed by atoms with Crippen LogP contribution in [-0.4, -0.2) is 36.8 Å². The van der Waals surface area contributed by atoms with Crippen LogP contribution in [0.15, 0.2) is 36.4 Å². The number of hydrogen-bond donors (Lipinski definition) is 2. The molecule has 0 aliphatic carbocycles. The van der Waals surface area contributed by atoms with Gasteiger partial charge in [0.1, 0.15) is 5.75 Å². The molecule has 1 unspecified atom stereocenters. The third-order valence-electron chi connectivity index (χ3n) is 4.58. The summed E-state index contributed by atoms with van der Waals surface area (Å²) >= 11 is 0. The van der Waals surface area contributed by atoms with Crippen LogP contribution < -0.4 is 19.5 Å². The van der Waals surface area contributed by atoms with Gasteiger partial charge < -0.3 is 24.6 Å². The summed E-state index contributed by atoms with van der Waals surface area (Å²) in [5.41, 5.74) is 1.77. The number of carboxylic acid groups (broad SMARTS) is 1. The highest BCUT2D eigenvalue weighted by Crippen LogP contribution is 2.31. The van der Waals surface area contributed by atoms with Crippen molar-refractivity contribution in [3.8, 4) is 17.2 Å². The molecular weight excluding hydrogens is 350 g/mol. The lowest BCUT2D eigenvalue weighted by Gasteiger charge is -2.16. The zero-order valence-electron chi connectivity index (χ0n) is 14.6. The Balaban J connectivity index is 1.56. The number of aliphatic carboxylic acids is 1. The second-order valence-electron chi connectivity index (χ2n) is 6.42. The minimum atomic E-state index is -1.15. The van der Waals surface area contributed by atoms with Crippen LogP contribution in [0.5, 0.6) is 17.2 Å². The lowest BCUT2D eigenvalue weighted by molar-refractivity contribution is -0.139. The smallest absolute Gasteiger partial charge is 0.330 e. The second kappa shape index (κ2) is 7.19. The second-order valence-corrected chi connectivity index (χ2v) is 6.42. The van der Waals surface area contributed by atoms with Crippen LogP contribution in [0, 0.1) is 0 Å². The molecular formula is C20H19NO6. The SMILES string of the molecule is O=C(NC(C(=O)O)c1ccc2c(c1)CCO2)c1ccc2c(c1)OCCCO2. The lowest BCUT2D eigenvalue weighted by atomic mass is 10.0. The van der Waals surface area contributed by atoms with E-state index in [-0.39, 0.29) is 0 Å². The van der Waals surface area contributed by atoms with E-state index in [2.05, 4.69) is 5.32 Å². The molecule has 27 heavy (non-hydrogen) atoms. The van der Waals surface area contributed by atoms with Crippen LogP contribution in [0.3, 0.4) is 0 Å². The Labute approximate surface area is 155 Å². The summed E-state index contributed by atoms with van der Waals surface area (Å²) in [7, 11) is 0. The average molecular weight is 369 g/mol. The first-order chi connectivity index (χ1) is 13.1. The van der Waals surface area contributed by atoms with Gasteiger partial charge in [-0.2, -0.15) is 0 Å². The van der Waals surface area contributed by atoms with Crippen LogP contribution in [0.25, 0.3) is 0 Å². The molecule has 1 atom stereocenters. The van der Waals surface area contributed by atoms with Gasteiger partial charge in [0.15, 0.2) is 17.5 Å². The average Bonchev–Trinajstić information content (AvgIpc) is 3.01. The van der Waals surface area contributed by atoms with Crippen LogP contribution in [0.4, 0.5) is 0 Å². The first-order valence-corrected chi connectivity index (χ1v) is 8.81. The summed E-state index contributed by atoms with van der Waals surface area (Å²) in [6, 6.07) is 8.86. The van der Waals surface area contributed by atoms with E-state index < -0.39 is 17.9 Å². The van der Waals surface area contributed by atoms with Gasteiger partial charge in [0, 0.05) is 18.4 Å². The summed E-state index contributed by atoms with van der Waals surface area (Å²) in [6.07, 6.45) is 1.49. The minimum Gasteiger partial charge on any atom is -0.493 e. The maximum absolute atomic E-state index is 12.6. The molecule has 2 aliphatic heterocycles. The molecule has 0 aromatic heterocycles. The van der Waals surface area contributed by atoms with Crippen molar-refractivity contribution in [1.82, 2.24) is 5.32 Å². The fourth-order valence-electron chi connectivity index (χ4n) is 3.19. The summed E-state index contributed by atoms with van der Waals surface area (Å²) in [5.74, 6) is 0.211. The molecule has 2 aromatic rings. The van der Waals surface area contributed by atoms with Gasteiger partial charge in [-0.25, -0.2) is 4.79 Å². The molecule has 0 bridgehead atoms. The van der Waals surface area contributed by atoms with Crippen molar-refractivity contribution in [2.24, 2.45) is 0 Å². The number of nitrogens with one attached hydrogen (secondary N) is 1. The molecule has 2 aliphatic rings. The van der Waals surface area contributed by atoms with E-state index in [0.29, 0.717) is 42.4 Å². The standard InChI is InChI=1S/C20H19NO6/c22-19(14-3-5-16-17(11-14)26-8-1-7-25-16)21-18(20(23)24)13-2-4-15-12(10-13)6-9-27-15/h2-5,10-11,18H,1,6-9H2,(H,21,22)(H,23,24). The van der Waals surface area contributed by atoms with E-state index in [0.717, 1.165) is 24.2 Å². The van der Waals surface area contributed by atoms with Crippen molar-refractivity contribution in [2.75, 3.05) is 19.8 Å². The lowest BCUT2D eigenvalue weighted by Crippen LogP contribution is -2.33. The van der Waals surface area contributed by atoms with Gasteiger partial charge in [-0.05, 0) is 41.5 Å². The molecule has 4 rings (SSSR count). The summed E-state index contributed by atoms with van der Waals surface area (Å²) in [6.45, 7) is 1.65. The molecule has 0 fully saturated rings. The highest BCUT2D eigenvalue weighted by Gasteiger charge is 2.25. The summed E-state index contributed by atoms with van der Waals surface area (Å²) in [4.78, 5) is 24.4. The maximum atomic E-state index is 12.6. The number of rotatable bonds is 4. The van der Waals surface area contributed by atoms with Crippen molar-refractivity contribution in [3.05, 3.63) is 53.1 Å². The van der Waals surface area contributed by atoms with Gasteiger partial charge in [-0.1, -0.05) is 6.07 Å². The van der Waals surface area contributed by atoms with Crippen LogP contribution in [0.2, 0.25) is 0 Å². The van der Waals surface area contributed by atoms with E-state index in [1.54, 1.807) is 36.4 Å². The number of carboxylic acids is 1. The Morgan fingerprint density at radius 3 is 2.48 bits per heavy atom. The molecule has 0 saturated carbocycles. The third kappa shape index (κ3) is 3.53. The predicted molar refractivity (Wildman–Crippen MR) is 95.5 cm³/mol. The number of benzene rings is 2. The quantitative estimate of drug-likeness (QED) is 0.859. The Hall–Kier alpha value is -3.22. The van der Waals surface area contributed by atoms with Gasteiger partial charge in [-0.15, -0.1) is 0 Å². The van der Waals surface area contributed by atoms with Crippen LogP contribution in [0.1, 0.15) is 33.9 Å². The molecule has 2 aromatic carbocycles. The van der Waals surface area contributed by atoms with Gasteiger partial charge in [0.25, 0.3) is 5.91 Å². The maximum Gasteiger partial charge on any atom is 0.330 e. The highest BCUT2D eigenvalue weighted by atomic mass is 16.5. The Kier molecular flexibility index (Phi) is 4.58. The number of carbonyl (C=O) groups is 2. The number of amides is 1. The minimum absolute atomic E-state index is 0.315. The molecule has 2 heterocycles. The molecule has 0 spiro atoms. The normalized spacial score (nSPS) is 15.9. The molecule has 7 nitrogen and oxygen atoms in total.